The number of H-pyrrole nitrogens is 1. The molecule has 1 heterocycles. The van der Waals surface area contributed by atoms with Gasteiger partial charge >= 0.3 is 0 Å². The van der Waals surface area contributed by atoms with Gasteiger partial charge in [0.1, 0.15) is 5.82 Å². The minimum atomic E-state index is -3.73. The predicted octanol–water partition coefficient (Wildman–Crippen LogP) is 1.41. The number of aryl methyl sites for hydroxylation is 1. The van der Waals surface area contributed by atoms with Gasteiger partial charge in [0.25, 0.3) is 15.7 Å². The van der Waals surface area contributed by atoms with E-state index in [0.717, 1.165) is 0 Å². The maximum absolute atomic E-state index is 12.0. The van der Waals surface area contributed by atoms with Crippen molar-refractivity contribution >= 4 is 15.7 Å². The molecule has 0 atom stereocenters. The highest BCUT2D eigenvalue weighted by Gasteiger charge is 2.18. The molecule has 0 saturated heterocycles. The van der Waals surface area contributed by atoms with Crippen LogP contribution in [-0.4, -0.2) is 23.3 Å². The molecule has 0 aliphatic rings. The normalized spacial score (nSPS) is 11.5. The molecule has 8 nitrogen and oxygen atoms in total. The van der Waals surface area contributed by atoms with Crippen LogP contribution in [0.25, 0.3) is 0 Å². The van der Waals surface area contributed by atoms with Crippen LogP contribution in [0.5, 0.6) is 0 Å². The molecule has 2 rings (SSSR count). The summed E-state index contributed by atoms with van der Waals surface area (Å²) in [5.41, 5.74) is 0.944. The van der Waals surface area contributed by atoms with Crippen molar-refractivity contribution in [3.05, 3.63) is 51.5 Å². The molecule has 21 heavy (non-hydrogen) atoms. The molecular formula is C12H14N4O4S. The summed E-state index contributed by atoms with van der Waals surface area (Å²) in [7, 11) is -3.73. The summed E-state index contributed by atoms with van der Waals surface area (Å²) in [6.07, 6.45) is 1.22. The fraction of sp³-hybridized carbons (Fsp3) is 0.250. The molecule has 0 amide bonds. The van der Waals surface area contributed by atoms with Crippen molar-refractivity contribution in [3.63, 3.8) is 0 Å². The molecule has 0 radical (unpaired) electrons. The van der Waals surface area contributed by atoms with E-state index in [9.17, 15) is 18.5 Å². The van der Waals surface area contributed by atoms with Gasteiger partial charge in [-0.3, -0.25) is 10.1 Å². The molecule has 0 bridgehead atoms. The Morgan fingerprint density at radius 1 is 1.38 bits per heavy atom. The largest absolute Gasteiger partial charge is 0.332 e. The summed E-state index contributed by atoms with van der Waals surface area (Å²) in [6.45, 7) is 3.19. The van der Waals surface area contributed by atoms with Crippen LogP contribution >= 0.6 is 0 Å². The molecule has 0 spiro atoms. The van der Waals surface area contributed by atoms with Gasteiger partial charge in [-0.1, -0.05) is 12.1 Å². The van der Waals surface area contributed by atoms with Crippen molar-refractivity contribution in [3.8, 4) is 0 Å². The summed E-state index contributed by atoms with van der Waals surface area (Å²) < 4.78 is 26.5. The SMILES string of the molecule is Cc1ncc(S(=O)(=O)NCc2cccc([N+](=O)[O-])c2C)[nH]1. The Morgan fingerprint density at radius 2 is 2.10 bits per heavy atom. The van der Waals surface area contributed by atoms with Crippen LogP contribution in [0.4, 0.5) is 5.69 Å². The summed E-state index contributed by atoms with van der Waals surface area (Å²) >= 11 is 0. The third kappa shape index (κ3) is 3.26. The molecule has 2 N–H and O–H groups in total. The van der Waals surface area contributed by atoms with E-state index in [1.54, 1.807) is 19.9 Å². The van der Waals surface area contributed by atoms with Gasteiger partial charge in [0.05, 0.1) is 11.1 Å². The van der Waals surface area contributed by atoms with Crippen LogP contribution in [0, 0.1) is 24.0 Å². The van der Waals surface area contributed by atoms with Gasteiger partial charge in [0.15, 0.2) is 5.03 Å². The number of benzene rings is 1. The van der Waals surface area contributed by atoms with Crippen molar-refractivity contribution in [1.82, 2.24) is 14.7 Å². The van der Waals surface area contributed by atoms with Crippen LogP contribution in [-0.2, 0) is 16.6 Å². The van der Waals surface area contributed by atoms with Crippen LogP contribution in [0.3, 0.4) is 0 Å². The van der Waals surface area contributed by atoms with Gasteiger partial charge in [-0.2, -0.15) is 0 Å². The number of aromatic amines is 1. The number of imidazole rings is 1. The van der Waals surface area contributed by atoms with Crippen molar-refractivity contribution in [1.29, 1.82) is 0 Å². The zero-order valence-electron chi connectivity index (χ0n) is 11.5. The van der Waals surface area contributed by atoms with Gasteiger partial charge in [0, 0.05) is 18.2 Å². The Labute approximate surface area is 121 Å². The lowest BCUT2D eigenvalue weighted by Gasteiger charge is -2.08. The molecule has 0 saturated carbocycles. The average molecular weight is 310 g/mol. The highest BCUT2D eigenvalue weighted by Crippen LogP contribution is 2.21. The summed E-state index contributed by atoms with van der Waals surface area (Å²) in [5, 5.41) is 10.8. The molecule has 0 aliphatic heterocycles. The molecule has 0 aliphatic carbocycles. The summed E-state index contributed by atoms with van der Waals surface area (Å²) in [5.74, 6) is 0.488. The van der Waals surface area contributed by atoms with Crippen molar-refractivity contribution in [2.45, 2.75) is 25.4 Å². The number of hydrogen-bond donors (Lipinski definition) is 2. The van der Waals surface area contributed by atoms with Crippen molar-refractivity contribution < 1.29 is 13.3 Å². The Bertz CT molecular complexity index is 782. The highest BCUT2D eigenvalue weighted by molar-refractivity contribution is 7.89. The molecule has 0 unspecified atom stereocenters. The third-order valence-corrected chi connectivity index (χ3v) is 4.35. The number of aromatic nitrogens is 2. The van der Waals surface area contributed by atoms with E-state index in [1.807, 2.05) is 0 Å². The number of sulfonamides is 1. The first-order valence-electron chi connectivity index (χ1n) is 6.05. The van der Waals surface area contributed by atoms with Gasteiger partial charge in [-0.15, -0.1) is 0 Å². The summed E-state index contributed by atoms with van der Waals surface area (Å²) in [6, 6.07) is 4.55. The second kappa shape index (κ2) is 5.62. The van der Waals surface area contributed by atoms with E-state index < -0.39 is 14.9 Å². The highest BCUT2D eigenvalue weighted by atomic mass is 32.2. The number of nitrogens with one attached hydrogen (secondary N) is 2. The number of nitro benzene ring substituents is 1. The lowest BCUT2D eigenvalue weighted by Crippen LogP contribution is -2.24. The van der Waals surface area contributed by atoms with Gasteiger partial charge in [-0.05, 0) is 19.4 Å². The van der Waals surface area contributed by atoms with Gasteiger partial charge in [-0.25, -0.2) is 18.1 Å². The predicted molar refractivity (Wildman–Crippen MR) is 75.2 cm³/mol. The zero-order valence-corrected chi connectivity index (χ0v) is 12.3. The van der Waals surface area contributed by atoms with Crippen LogP contribution in [0.1, 0.15) is 17.0 Å². The fourth-order valence-electron chi connectivity index (χ4n) is 1.84. The maximum atomic E-state index is 12.0. The quantitative estimate of drug-likeness (QED) is 0.639. The molecule has 2 aromatic rings. The average Bonchev–Trinajstić information content (AvgIpc) is 2.85. The Kier molecular flexibility index (Phi) is 4.05. The lowest BCUT2D eigenvalue weighted by atomic mass is 10.1. The molecular weight excluding hydrogens is 296 g/mol. The Morgan fingerprint density at radius 3 is 2.67 bits per heavy atom. The first-order valence-corrected chi connectivity index (χ1v) is 7.54. The smallest absolute Gasteiger partial charge is 0.272 e. The second-order valence-corrected chi connectivity index (χ2v) is 6.21. The first kappa shape index (κ1) is 15.1. The van der Waals surface area contributed by atoms with Crippen molar-refractivity contribution in [2.75, 3.05) is 0 Å². The van der Waals surface area contributed by atoms with Gasteiger partial charge in [0.2, 0.25) is 0 Å². The number of nitro groups is 1. The van der Waals surface area contributed by atoms with Crippen LogP contribution in [0.15, 0.2) is 29.4 Å². The first-order chi connectivity index (χ1) is 9.81. The minimum Gasteiger partial charge on any atom is -0.332 e. The third-order valence-electron chi connectivity index (χ3n) is 3.04. The van der Waals surface area contributed by atoms with E-state index in [2.05, 4.69) is 14.7 Å². The fourth-order valence-corrected chi connectivity index (χ4v) is 2.82. The molecule has 1 aromatic carbocycles. The Hall–Kier alpha value is -2.26. The lowest BCUT2D eigenvalue weighted by molar-refractivity contribution is -0.385. The van der Waals surface area contributed by atoms with E-state index >= 15 is 0 Å². The Balaban J connectivity index is 2.21. The van der Waals surface area contributed by atoms with E-state index in [-0.39, 0.29) is 17.3 Å². The molecule has 9 heteroatoms. The van der Waals surface area contributed by atoms with E-state index in [0.29, 0.717) is 17.0 Å². The van der Waals surface area contributed by atoms with Crippen molar-refractivity contribution in [2.24, 2.45) is 0 Å². The van der Waals surface area contributed by atoms with E-state index in [1.165, 1.54) is 18.3 Å². The van der Waals surface area contributed by atoms with Crippen LogP contribution < -0.4 is 4.72 Å². The molecule has 0 fully saturated rings. The molecule has 1 aromatic heterocycles. The standard InChI is InChI=1S/C12H14N4O4S/c1-8-10(4-3-5-11(8)16(17)18)6-14-21(19,20)12-7-13-9(2)15-12/h3-5,7,14H,6H2,1-2H3,(H,13,15). The second-order valence-electron chi connectivity index (χ2n) is 4.48. The minimum absolute atomic E-state index is 0.0338. The number of nitrogens with zero attached hydrogens (tertiary/aromatic N) is 2. The van der Waals surface area contributed by atoms with Crippen LogP contribution in [0.2, 0.25) is 0 Å². The number of rotatable bonds is 5. The maximum Gasteiger partial charge on any atom is 0.272 e. The van der Waals surface area contributed by atoms with E-state index in [4.69, 9.17) is 0 Å². The monoisotopic (exact) mass is 310 g/mol. The zero-order chi connectivity index (χ0) is 15.6. The topological polar surface area (TPSA) is 118 Å². The summed E-state index contributed by atoms with van der Waals surface area (Å²) in [4.78, 5) is 16.8. The van der Waals surface area contributed by atoms with Gasteiger partial charge < -0.3 is 4.98 Å². The number of hydrogen-bond acceptors (Lipinski definition) is 5. The molecule has 112 valence electrons.